The van der Waals surface area contributed by atoms with Crippen LogP contribution < -0.4 is 5.46 Å². The predicted molar refractivity (Wildman–Crippen MR) is 99.5 cm³/mol. The van der Waals surface area contributed by atoms with Crippen molar-refractivity contribution in [2.45, 2.75) is 38.9 Å². The molecule has 1 aromatic heterocycles. The van der Waals surface area contributed by atoms with Crippen LogP contribution in [0.25, 0.3) is 21.9 Å². The summed E-state index contributed by atoms with van der Waals surface area (Å²) in [4.78, 5) is 0. The van der Waals surface area contributed by atoms with Gasteiger partial charge in [-0.2, -0.15) is 0 Å². The summed E-state index contributed by atoms with van der Waals surface area (Å²) in [5, 5.41) is 2.91. The van der Waals surface area contributed by atoms with Crippen LogP contribution in [0.15, 0.2) is 34.7 Å². The summed E-state index contributed by atoms with van der Waals surface area (Å²) in [7, 11) is -0.492. The number of fused-ring (bicyclic) bond motifs is 3. The van der Waals surface area contributed by atoms with Gasteiger partial charge < -0.3 is 13.7 Å². The molecule has 0 atom stereocenters. The molecular weight excluding hydrogens is 346 g/mol. The van der Waals surface area contributed by atoms with E-state index >= 15 is 0 Å². The Balaban J connectivity index is 1.94. The Labute approximate surface area is 150 Å². The van der Waals surface area contributed by atoms with Crippen molar-refractivity contribution in [3.8, 4) is 0 Å². The summed E-state index contributed by atoms with van der Waals surface area (Å²) in [6.45, 7) is 8.12. The van der Waals surface area contributed by atoms with Gasteiger partial charge in [-0.15, -0.1) is 0 Å². The number of hydrogen-bond donors (Lipinski definition) is 0. The highest BCUT2D eigenvalue weighted by atomic mass is 35.5. The Morgan fingerprint density at radius 2 is 1.54 bits per heavy atom. The Morgan fingerprint density at radius 1 is 0.875 bits per heavy atom. The molecule has 4 rings (SSSR count). The minimum Gasteiger partial charge on any atom is -0.455 e. The largest absolute Gasteiger partial charge is 0.498 e. The van der Waals surface area contributed by atoms with Crippen molar-refractivity contribution >= 4 is 57.7 Å². The van der Waals surface area contributed by atoms with E-state index in [9.17, 15) is 0 Å². The normalized spacial score (nSPS) is 19.5. The van der Waals surface area contributed by atoms with E-state index in [0.29, 0.717) is 15.6 Å². The van der Waals surface area contributed by atoms with E-state index in [1.165, 1.54) is 0 Å². The molecule has 0 amide bonds. The summed E-state index contributed by atoms with van der Waals surface area (Å²) < 4.78 is 18.4. The van der Waals surface area contributed by atoms with Crippen LogP contribution >= 0.6 is 23.2 Å². The lowest BCUT2D eigenvalue weighted by atomic mass is 9.78. The average Bonchev–Trinajstić information content (AvgIpc) is 2.94. The number of furan rings is 1. The third kappa shape index (κ3) is 2.28. The van der Waals surface area contributed by atoms with Crippen LogP contribution in [-0.4, -0.2) is 18.3 Å². The Hall–Kier alpha value is -1.20. The molecule has 1 fully saturated rings. The maximum absolute atomic E-state index is 6.30. The summed E-state index contributed by atoms with van der Waals surface area (Å²) in [6.07, 6.45) is 0. The Morgan fingerprint density at radius 3 is 2.21 bits per heavy atom. The van der Waals surface area contributed by atoms with E-state index < -0.39 is 18.3 Å². The molecule has 1 saturated heterocycles. The van der Waals surface area contributed by atoms with Crippen molar-refractivity contribution in [1.82, 2.24) is 0 Å². The monoisotopic (exact) mass is 362 g/mol. The first kappa shape index (κ1) is 16.3. The van der Waals surface area contributed by atoms with Crippen LogP contribution in [0.5, 0.6) is 0 Å². The molecule has 0 aliphatic carbocycles. The molecule has 2 aromatic carbocycles. The first-order valence-corrected chi connectivity index (χ1v) is 8.61. The van der Waals surface area contributed by atoms with E-state index in [2.05, 4.69) is 0 Å². The van der Waals surface area contributed by atoms with E-state index in [1.807, 2.05) is 52.0 Å². The topological polar surface area (TPSA) is 31.6 Å². The molecule has 2 heterocycles. The zero-order valence-corrected chi connectivity index (χ0v) is 15.5. The number of benzene rings is 2. The van der Waals surface area contributed by atoms with Gasteiger partial charge in [0.15, 0.2) is 5.58 Å². The fourth-order valence-corrected chi connectivity index (χ4v) is 3.53. The van der Waals surface area contributed by atoms with Gasteiger partial charge in [0, 0.05) is 21.3 Å². The van der Waals surface area contributed by atoms with Crippen molar-refractivity contribution in [2.75, 3.05) is 0 Å². The Kier molecular flexibility index (Phi) is 3.49. The van der Waals surface area contributed by atoms with Crippen LogP contribution in [0.3, 0.4) is 0 Å². The van der Waals surface area contributed by atoms with Gasteiger partial charge in [0.2, 0.25) is 0 Å². The van der Waals surface area contributed by atoms with Gasteiger partial charge in [0.25, 0.3) is 0 Å². The molecule has 1 aliphatic rings. The molecule has 0 spiro atoms. The lowest BCUT2D eigenvalue weighted by molar-refractivity contribution is 0.00578. The quantitative estimate of drug-likeness (QED) is 0.558. The van der Waals surface area contributed by atoms with Gasteiger partial charge in [-0.25, -0.2) is 0 Å². The van der Waals surface area contributed by atoms with Crippen LogP contribution in [0.4, 0.5) is 0 Å². The standard InChI is InChI=1S/C18H17BCl2O3/c1-17(2)18(3,4)24-19(23-17)13-7-5-6-11-12-8-10(20)9-14(21)16(12)22-15(11)13/h5-9H,1-4H3. The number of para-hydroxylation sites is 1. The highest BCUT2D eigenvalue weighted by molar-refractivity contribution is 6.65. The van der Waals surface area contributed by atoms with Crippen molar-refractivity contribution < 1.29 is 13.7 Å². The molecule has 24 heavy (non-hydrogen) atoms. The van der Waals surface area contributed by atoms with Gasteiger partial charge in [-0.05, 0) is 39.8 Å². The van der Waals surface area contributed by atoms with E-state index in [0.717, 1.165) is 21.8 Å². The maximum atomic E-state index is 6.30. The van der Waals surface area contributed by atoms with Crippen molar-refractivity contribution in [1.29, 1.82) is 0 Å². The van der Waals surface area contributed by atoms with Crippen LogP contribution in [0.2, 0.25) is 10.0 Å². The van der Waals surface area contributed by atoms with Crippen molar-refractivity contribution in [3.63, 3.8) is 0 Å². The summed E-state index contributed by atoms with van der Waals surface area (Å²) in [6, 6.07) is 9.46. The molecule has 0 unspecified atom stereocenters. The van der Waals surface area contributed by atoms with Crippen LogP contribution in [-0.2, 0) is 9.31 Å². The molecule has 6 heteroatoms. The number of rotatable bonds is 1. The number of hydrogen-bond acceptors (Lipinski definition) is 3. The zero-order valence-electron chi connectivity index (χ0n) is 13.9. The molecule has 3 aromatic rings. The molecule has 124 valence electrons. The summed E-state index contributed by atoms with van der Waals surface area (Å²) >= 11 is 12.4. The minimum atomic E-state index is -0.492. The van der Waals surface area contributed by atoms with E-state index in [1.54, 1.807) is 6.07 Å². The first-order chi connectivity index (χ1) is 11.2. The molecule has 3 nitrogen and oxygen atoms in total. The number of halogens is 2. The van der Waals surface area contributed by atoms with Crippen molar-refractivity contribution in [2.24, 2.45) is 0 Å². The van der Waals surface area contributed by atoms with Crippen LogP contribution in [0.1, 0.15) is 27.7 Å². The van der Waals surface area contributed by atoms with Gasteiger partial charge in [0.05, 0.1) is 16.2 Å². The van der Waals surface area contributed by atoms with Gasteiger partial charge in [-0.3, -0.25) is 0 Å². The predicted octanol–water partition coefficient (Wildman–Crippen LogP) is 5.19. The van der Waals surface area contributed by atoms with E-state index in [4.69, 9.17) is 36.9 Å². The van der Waals surface area contributed by atoms with Gasteiger partial charge in [0.1, 0.15) is 5.58 Å². The SMILES string of the molecule is CC1(C)OB(c2cccc3c2oc2c(Cl)cc(Cl)cc23)OC1(C)C. The molecule has 0 saturated carbocycles. The fourth-order valence-electron chi connectivity index (χ4n) is 3.00. The van der Waals surface area contributed by atoms with Gasteiger partial charge in [-0.1, -0.05) is 41.4 Å². The lowest BCUT2D eigenvalue weighted by Crippen LogP contribution is -2.41. The summed E-state index contributed by atoms with van der Waals surface area (Å²) in [5.74, 6) is 0. The second-order valence-corrected chi connectivity index (χ2v) is 8.02. The molecule has 0 radical (unpaired) electrons. The van der Waals surface area contributed by atoms with Crippen LogP contribution in [0, 0.1) is 0 Å². The molecule has 1 aliphatic heterocycles. The highest BCUT2D eigenvalue weighted by Crippen LogP contribution is 2.39. The van der Waals surface area contributed by atoms with Crippen molar-refractivity contribution in [3.05, 3.63) is 40.4 Å². The third-order valence-corrected chi connectivity index (χ3v) is 5.55. The molecule has 0 N–H and O–H groups in total. The smallest absolute Gasteiger partial charge is 0.455 e. The first-order valence-electron chi connectivity index (χ1n) is 7.85. The third-order valence-electron chi connectivity index (χ3n) is 5.06. The second-order valence-electron chi connectivity index (χ2n) is 7.18. The maximum Gasteiger partial charge on any atom is 0.498 e. The Bertz CT molecular complexity index is 946. The van der Waals surface area contributed by atoms with Gasteiger partial charge >= 0.3 is 7.12 Å². The zero-order chi connectivity index (χ0) is 17.3. The average molecular weight is 363 g/mol. The lowest BCUT2D eigenvalue weighted by Gasteiger charge is -2.32. The molecule has 0 bridgehead atoms. The fraction of sp³-hybridized carbons (Fsp3) is 0.333. The second kappa shape index (κ2) is 5.15. The minimum absolute atomic E-state index is 0.410. The highest BCUT2D eigenvalue weighted by Gasteiger charge is 2.52. The van der Waals surface area contributed by atoms with E-state index in [-0.39, 0.29) is 0 Å². The summed E-state index contributed by atoms with van der Waals surface area (Å²) in [5.41, 5.74) is 1.38. The molecular formula is C18H17BCl2O3.